The number of nitrogens with zero attached hydrogens (tertiary/aromatic N) is 4. The number of amides is 3. The molecule has 0 saturated carbocycles. The van der Waals surface area contributed by atoms with Crippen LogP contribution in [0.3, 0.4) is 0 Å². The van der Waals surface area contributed by atoms with Crippen molar-refractivity contribution in [2.75, 3.05) is 69.7 Å². The Labute approximate surface area is 294 Å². The fourth-order valence-electron chi connectivity index (χ4n) is 5.66. The summed E-state index contributed by atoms with van der Waals surface area (Å²) in [5.74, 6) is -1.46. The molecule has 0 spiro atoms. The number of benzene rings is 3. The summed E-state index contributed by atoms with van der Waals surface area (Å²) < 4.78 is 50.6. The molecule has 2 heterocycles. The van der Waals surface area contributed by atoms with Crippen molar-refractivity contribution in [3.05, 3.63) is 101 Å². The van der Waals surface area contributed by atoms with Gasteiger partial charge in [0, 0.05) is 69.7 Å². The molecule has 4 aromatic rings. The van der Waals surface area contributed by atoms with E-state index in [9.17, 15) is 27.6 Å². The lowest BCUT2D eigenvalue weighted by Crippen LogP contribution is -2.41. The fraction of sp³-hybridized carbons (Fsp3) is 0.351. The molecule has 3 aromatic carbocycles. The van der Waals surface area contributed by atoms with Crippen molar-refractivity contribution in [3.63, 3.8) is 0 Å². The molecule has 270 valence electrons. The van der Waals surface area contributed by atoms with E-state index in [1.165, 1.54) is 18.3 Å². The van der Waals surface area contributed by atoms with E-state index in [2.05, 4.69) is 25.4 Å². The van der Waals surface area contributed by atoms with E-state index in [0.717, 1.165) is 37.5 Å². The molecule has 0 aliphatic carbocycles. The first-order valence-electron chi connectivity index (χ1n) is 16.7. The number of alkyl halides is 3. The van der Waals surface area contributed by atoms with E-state index in [-0.39, 0.29) is 35.2 Å². The summed E-state index contributed by atoms with van der Waals surface area (Å²) in [5.41, 5.74) is 1.67. The summed E-state index contributed by atoms with van der Waals surface area (Å²) >= 11 is 0. The second-order valence-corrected chi connectivity index (χ2v) is 12.0. The highest BCUT2D eigenvalue weighted by atomic mass is 19.4. The molecule has 0 unspecified atom stereocenters. The fourth-order valence-corrected chi connectivity index (χ4v) is 5.66. The number of hydrogen-bond acceptors (Lipinski definition) is 8. The van der Waals surface area contributed by atoms with Gasteiger partial charge in [0.1, 0.15) is 0 Å². The van der Waals surface area contributed by atoms with E-state index in [1.807, 2.05) is 19.9 Å². The minimum Gasteiger partial charge on any atom is -0.431 e. The van der Waals surface area contributed by atoms with Crippen LogP contribution in [0.5, 0.6) is 0 Å². The van der Waals surface area contributed by atoms with Crippen molar-refractivity contribution in [2.45, 2.75) is 26.6 Å². The topological polar surface area (TPSA) is 120 Å². The molecule has 51 heavy (non-hydrogen) atoms. The maximum atomic E-state index is 13.6. The largest absolute Gasteiger partial charge is 0.431 e. The molecule has 0 radical (unpaired) electrons. The zero-order chi connectivity index (χ0) is 36.5. The first kappa shape index (κ1) is 37.1. The molecule has 5 rings (SSSR count). The highest BCUT2D eigenvalue weighted by Gasteiger charge is 2.30. The number of nitrogens with one attached hydrogen (secondary N) is 2. The number of morpholine rings is 1. The van der Waals surface area contributed by atoms with Crippen molar-refractivity contribution in [3.8, 4) is 11.5 Å². The van der Waals surface area contributed by atoms with Gasteiger partial charge in [0.05, 0.1) is 36.2 Å². The van der Waals surface area contributed by atoms with E-state index >= 15 is 0 Å². The first-order chi connectivity index (χ1) is 24.5. The third-order valence-electron chi connectivity index (χ3n) is 8.62. The smallest absolute Gasteiger partial charge is 0.416 e. The average Bonchev–Trinajstić information content (AvgIpc) is 3.64. The van der Waals surface area contributed by atoms with Crippen LogP contribution >= 0.6 is 0 Å². The number of aromatic nitrogens is 1. The number of hydrogen-bond donors (Lipinski definition) is 2. The van der Waals surface area contributed by atoms with Crippen LogP contribution in [-0.2, 0) is 17.5 Å². The summed E-state index contributed by atoms with van der Waals surface area (Å²) in [6.07, 6.45) is -3.29. The molecular formula is C37H41F3N6O5. The van der Waals surface area contributed by atoms with Crippen LogP contribution in [0, 0.1) is 0 Å². The van der Waals surface area contributed by atoms with Crippen LogP contribution < -0.4 is 15.5 Å². The number of likely N-dealkylation sites (N-methyl/N-ethyl adjacent to an activating group) is 1. The van der Waals surface area contributed by atoms with Crippen LogP contribution in [0.4, 0.5) is 24.5 Å². The van der Waals surface area contributed by atoms with Gasteiger partial charge in [-0.25, -0.2) is 4.98 Å². The van der Waals surface area contributed by atoms with E-state index in [0.29, 0.717) is 49.7 Å². The summed E-state index contributed by atoms with van der Waals surface area (Å²) in [6.45, 7) is 9.50. The van der Waals surface area contributed by atoms with Crippen LogP contribution in [0.15, 0.2) is 77.3 Å². The zero-order valence-corrected chi connectivity index (χ0v) is 28.8. The van der Waals surface area contributed by atoms with Crippen LogP contribution in [0.25, 0.3) is 11.5 Å². The lowest BCUT2D eigenvalue weighted by Gasteiger charge is -2.28. The van der Waals surface area contributed by atoms with Gasteiger partial charge < -0.3 is 29.6 Å². The van der Waals surface area contributed by atoms with Gasteiger partial charge in [0.25, 0.3) is 17.7 Å². The quantitative estimate of drug-likeness (QED) is 0.179. The molecule has 14 heteroatoms. The predicted molar refractivity (Wildman–Crippen MR) is 187 cm³/mol. The van der Waals surface area contributed by atoms with Gasteiger partial charge in [-0.15, -0.1) is 0 Å². The molecule has 1 fully saturated rings. The van der Waals surface area contributed by atoms with Gasteiger partial charge in [-0.05, 0) is 67.9 Å². The van der Waals surface area contributed by atoms with Crippen LogP contribution in [0.1, 0.15) is 56.2 Å². The molecule has 2 N–H and O–H groups in total. The molecule has 1 aromatic heterocycles. The molecular weight excluding hydrogens is 665 g/mol. The van der Waals surface area contributed by atoms with Crippen molar-refractivity contribution in [1.29, 1.82) is 0 Å². The summed E-state index contributed by atoms with van der Waals surface area (Å²) in [7, 11) is 1.73. The second-order valence-electron chi connectivity index (χ2n) is 12.0. The van der Waals surface area contributed by atoms with Crippen LogP contribution in [-0.4, -0.2) is 92.0 Å². The third-order valence-corrected chi connectivity index (χ3v) is 8.62. The number of oxazole rings is 1. The van der Waals surface area contributed by atoms with Gasteiger partial charge in [-0.3, -0.25) is 19.3 Å². The third kappa shape index (κ3) is 9.52. The van der Waals surface area contributed by atoms with Gasteiger partial charge in [0.2, 0.25) is 11.7 Å². The summed E-state index contributed by atoms with van der Waals surface area (Å²) in [5, 5.41) is 5.47. The van der Waals surface area contributed by atoms with Gasteiger partial charge in [0.15, 0.2) is 0 Å². The molecule has 0 atom stereocenters. The average molecular weight is 707 g/mol. The van der Waals surface area contributed by atoms with Crippen molar-refractivity contribution >= 4 is 29.1 Å². The minimum absolute atomic E-state index is 0.0503. The Balaban J connectivity index is 1.32. The maximum absolute atomic E-state index is 13.6. The van der Waals surface area contributed by atoms with E-state index < -0.39 is 23.6 Å². The second kappa shape index (κ2) is 16.7. The Kier molecular flexibility index (Phi) is 12.1. The first-order valence-corrected chi connectivity index (χ1v) is 16.7. The van der Waals surface area contributed by atoms with Crippen molar-refractivity contribution in [2.24, 2.45) is 0 Å². The minimum atomic E-state index is -4.51. The van der Waals surface area contributed by atoms with Gasteiger partial charge in [-0.2, -0.15) is 13.2 Å². The highest BCUT2D eigenvalue weighted by molar-refractivity contribution is 6.07. The van der Waals surface area contributed by atoms with E-state index in [1.54, 1.807) is 48.3 Å². The maximum Gasteiger partial charge on any atom is 0.416 e. The monoisotopic (exact) mass is 706 g/mol. The van der Waals surface area contributed by atoms with Crippen LogP contribution in [0.2, 0.25) is 0 Å². The number of ether oxygens (including phenoxy) is 1. The number of carbonyl (C=O) groups is 3. The number of carbonyl (C=O) groups excluding carboxylic acids is 3. The Bertz CT molecular complexity index is 1840. The summed E-state index contributed by atoms with van der Waals surface area (Å²) in [4.78, 5) is 50.0. The molecule has 1 aliphatic heterocycles. The van der Waals surface area contributed by atoms with Gasteiger partial charge in [-0.1, -0.05) is 18.2 Å². The molecule has 1 saturated heterocycles. The number of halogens is 3. The van der Waals surface area contributed by atoms with Crippen molar-refractivity contribution < 1.29 is 36.7 Å². The standard InChI is InChI=1S/C37H41F3N6O5/c1-4-46(5-2)29-12-13-31(43-33(47)26-9-7-10-27(21-26)36(49)44(3)14-15-45-16-18-50-19-17-45)30(22-29)35-42-24-32(51-35)34(48)41-23-25-8-6-11-28(20-25)37(38,39)40/h6-13,20-22,24H,4-5,14-19,23H2,1-3H3,(H,41,48)(H,43,47). The van der Waals surface area contributed by atoms with E-state index in [4.69, 9.17) is 9.15 Å². The Morgan fingerprint density at radius 1 is 0.922 bits per heavy atom. The lowest BCUT2D eigenvalue weighted by molar-refractivity contribution is -0.137. The normalized spacial score (nSPS) is 13.5. The molecule has 3 amide bonds. The molecule has 11 nitrogen and oxygen atoms in total. The number of rotatable bonds is 13. The highest BCUT2D eigenvalue weighted by Crippen LogP contribution is 2.33. The molecule has 0 bridgehead atoms. The van der Waals surface area contributed by atoms with Crippen molar-refractivity contribution in [1.82, 2.24) is 20.1 Å². The zero-order valence-electron chi connectivity index (χ0n) is 28.8. The van der Waals surface area contributed by atoms with Gasteiger partial charge >= 0.3 is 6.18 Å². The Hall–Kier alpha value is -5.21. The molecule has 1 aliphatic rings. The predicted octanol–water partition coefficient (Wildman–Crippen LogP) is 5.79. The SMILES string of the molecule is CCN(CC)c1ccc(NC(=O)c2cccc(C(=O)N(C)CCN3CCOCC3)c2)c(-c2ncc(C(=O)NCc3cccc(C(F)(F)F)c3)o2)c1. The summed E-state index contributed by atoms with van der Waals surface area (Å²) in [6, 6.07) is 16.5. The Morgan fingerprint density at radius 3 is 2.37 bits per heavy atom. The number of anilines is 2. The lowest BCUT2D eigenvalue weighted by atomic mass is 10.1. The Morgan fingerprint density at radius 2 is 1.65 bits per heavy atom.